The largest absolute Gasteiger partial charge is 0.373 e. The van der Waals surface area contributed by atoms with Crippen molar-refractivity contribution in [1.29, 1.82) is 0 Å². The molecule has 1 aliphatic heterocycles. The van der Waals surface area contributed by atoms with E-state index in [1.807, 2.05) is 5.38 Å². The third-order valence-electron chi connectivity index (χ3n) is 4.68. The number of aromatic nitrogens is 1. The third kappa shape index (κ3) is 6.02. The molecule has 1 amide bonds. The van der Waals surface area contributed by atoms with Crippen LogP contribution in [0, 0.1) is 0 Å². The van der Waals surface area contributed by atoms with Crippen LogP contribution in [0.2, 0.25) is 0 Å². The van der Waals surface area contributed by atoms with Gasteiger partial charge in [-0.1, -0.05) is 19.3 Å². The fourth-order valence-electron chi connectivity index (χ4n) is 3.66. The van der Waals surface area contributed by atoms with Gasteiger partial charge in [-0.05, 0) is 26.7 Å². The molecule has 7 heteroatoms. The first-order valence-electron chi connectivity index (χ1n) is 9.32. The summed E-state index contributed by atoms with van der Waals surface area (Å²) in [6.45, 7) is 6.95. The lowest BCUT2D eigenvalue weighted by Crippen LogP contribution is -2.44. The standard InChI is InChI=1S/C18H29N3O3S/c1-13-8-21(9-14(2)24-13)10-15-12-25-18(19-15)20-17(22)11-23-16-6-4-3-5-7-16/h12-14,16H,3-11H2,1-2H3,(H,19,20,22). The van der Waals surface area contributed by atoms with E-state index in [1.165, 1.54) is 30.6 Å². The monoisotopic (exact) mass is 367 g/mol. The number of hydrogen-bond acceptors (Lipinski definition) is 6. The van der Waals surface area contributed by atoms with E-state index in [9.17, 15) is 4.79 Å². The normalized spacial score (nSPS) is 25.8. The number of hydrogen-bond donors (Lipinski definition) is 1. The lowest BCUT2D eigenvalue weighted by Gasteiger charge is -2.34. The van der Waals surface area contributed by atoms with Crippen LogP contribution < -0.4 is 5.32 Å². The van der Waals surface area contributed by atoms with Gasteiger partial charge in [0.15, 0.2) is 5.13 Å². The summed E-state index contributed by atoms with van der Waals surface area (Å²) < 4.78 is 11.5. The summed E-state index contributed by atoms with van der Waals surface area (Å²) in [5, 5.41) is 5.53. The highest BCUT2D eigenvalue weighted by Crippen LogP contribution is 2.21. The van der Waals surface area contributed by atoms with Crippen LogP contribution >= 0.6 is 11.3 Å². The zero-order valence-electron chi connectivity index (χ0n) is 15.2. The van der Waals surface area contributed by atoms with Crippen LogP contribution in [0.1, 0.15) is 51.6 Å². The third-order valence-corrected chi connectivity index (χ3v) is 5.49. The number of morpholine rings is 1. The SMILES string of the molecule is CC1CN(Cc2csc(NC(=O)COC3CCCCC3)n2)CC(C)O1. The van der Waals surface area contributed by atoms with E-state index >= 15 is 0 Å². The Morgan fingerprint density at radius 2 is 2.04 bits per heavy atom. The van der Waals surface area contributed by atoms with E-state index in [-0.39, 0.29) is 30.8 Å². The first-order valence-corrected chi connectivity index (χ1v) is 10.2. The van der Waals surface area contributed by atoms with Gasteiger partial charge in [0, 0.05) is 25.0 Å². The van der Waals surface area contributed by atoms with Gasteiger partial charge in [-0.2, -0.15) is 0 Å². The van der Waals surface area contributed by atoms with E-state index in [0.717, 1.165) is 38.2 Å². The van der Waals surface area contributed by atoms with E-state index in [0.29, 0.717) is 5.13 Å². The van der Waals surface area contributed by atoms with E-state index < -0.39 is 0 Å². The maximum atomic E-state index is 12.0. The smallest absolute Gasteiger partial charge is 0.252 e. The molecule has 2 unspecified atom stereocenters. The zero-order valence-corrected chi connectivity index (χ0v) is 16.0. The predicted octanol–water partition coefficient (Wildman–Crippen LogP) is 3.04. The van der Waals surface area contributed by atoms with Crippen LogP contribution in [-0.2, 0) is 20.8 Å². The second-order valence-corrected chi connectivity index (χ2v) is 8.07. The van der Waals surface area contributed by atoms with Crippen LogP contribution in [0.15, 0.2) is 5.38 Å². The molecule has 25 heavy (non-hydrogen) atoms. The predicted molar refractivity (Wildman–Crippen MR) is 98.9 cm³/mol. The second kappa shape index (κ2) is 9.07. The number of rotatable bonds is 6. The summed E-state index contributed by atoms with van der Waals surface area (Å²) in [4.78, 5) is 18.9. The minimum Gasteiger partial charge on any atom is -0.373 e. The number of carbonyl (C=O) groups is 1. The summed E-state index contributed by atoms with van der Waals surface area (Å²) in [6.07, 6.45) is 6.60. The topological polar surface area (TPSA) is 63.7 Å². The average molecular weight is 368 g/mol. The Morgan fingerprint density at radius 3 is 2.76 bits per heavy atom. The van der Waals surface area contributed by atoms with Gasteiger partial charge in [0.25, 0.3) is 5.91 Å². The van der Waals surface area contributed by atoms with Crippen molar-refractivity contribution in [3.05, 3.63) is 11.1 Å². The van der Waals surface area contributed by atoms with Crippen LogP contribution in [0.3, 0.4) is 0 Å². The number of nitrogens with zero attached hydrogens (tertiary/aromatic N) is 2. The molecule has 1 saturated heterocycles. The first kappa shape index (κ1) is 18.8. The fourth-order valence-corrected chi connectivity index (χ4v) is 4.38. The number of amides is 1. The minimum absolute atomic E-state index is 0.111. The average Bonchev–Trinajstić information content (AvgIpc) is 3.00. The van der Waals surface area contributed by atoms with Gasteiger partial charge >= 0.3 is 0 Å². The van der Waals surface area contributed by atoms with E-state index in [4.69, 9.17) is 9.47 Å². The first-order chi connectivity index (χ1) is 12.1. The Labute approximate surface area is 153 Å². The summed E-state index contributed by atoms with van der Waals surface area (Å²) in [7, 11) is 0. The molecule has 2 heterocycles. The van der Waals surface area contributed by atoms with E-state index in [2.05, 4.69) is 29.0 Å². The summed E-state index contributed by atoms with van der Waals surface area (Å²) in [5.41, 5.74) is 0.995. The lowest BCUT2D eigenvalue weighted by molar-refractivity contribution is -0.123. The quantitative estimate of drug-likeness (QED) is 0.837. The molecule has 6 nitrogen and oxygen atoms in total. The van der Waals surface area contributed by atoms with Crippen LogP contribution in [0.25, 0.3) is 0 Å². The summed E-state index contributed by atoms with van der Waals surface area (Å²) in [5.74, 6) is -0.111. The van der Waals surface area contributed by atoms with Crippen molar-refractivity contribution >= 4 is 22.4 Å². The number of carbonyl (C=O) groups excluding carboxylic acids is 1. The Morgan fingerprint density at radius 1 is 1.32 bits per heavy atom. The molecule has 2 fully saturated rings. The molecule has 140 valence electrons. The minimum atomic E-state index is -0.111. The summed E-state index contributed by atoms with van der Waals surface area (Å²) >= 11 is 1.47. The van der Waals surface area contributed by atoms with Gasteiger partial charge < -0.3 is 9.47 Å². The maximum Gasteiger partial charge on any atom is 0.252 e. The molecule has 1 aromatic heterocycles. The molecule has 1 saturated carbocycles. The van der Waals surface area contributed by atoms with E-state index in [1.54, 1.807) is 0 Å². The van der Waals surface area contributed by atoms with Gasteiger partial charge in [0.05, 0.1) is 24.0 Å². The zero-order chi connectivity index (χ0) is 17.6. The molecular weight excluding hydrogens is 338 g/mol. The molecule has 2 atom stereocenters. The van der Waals surface area contributed by atoms with Gasteiger partial charge in [-0.3, -0.25) is 15.0 Å². The van der Waals surface area contributed by atoms with Crippen molar-refractivity contribution in [2.45, 2.75) is 70.8 Å². The van der Waals surface area contributed by atoms with Gasteiger partial charge in [-0.15, -0.1) is 11.3 Å². The number of ether oxygens (including phenoxy) is 2. The van der Waals surface area contributed by atoms with Gasteiger partial charge in [0.1, 0.15) is 6.61 Å². The van der Waals surface area contributed by atoms with Gasteiger partial charge in [0.2, 0.25) is 0 Å². The Balaban J connectivity index is 1.42. The van der Waals surface area contributed by atoms with Crippen molar-refractivity contribution in [3.63, 3.8) is 0 Å². The second-order valence-electron chi connectivity index (χ2n) is 7.21. The van der Waals surface area contributed by atoms with Gasteiger partial charge in [-0.25, -0.2) is 4.98 Å². The molecule has 2 aliphatic rings. The summed E-state index contributed by atoms with van der Waals surface area (Å²) in [6, 6.07) is 0. The molecule has 1 aromatic rings. The van der Waals surface area contributed by atoms with Crippen molar-refractivity contribution < 1.29 is 14.3 Å². The fraction of sp³-hybridized carbons (Fsp3) is 0.778. The highest BCUT2D eigenvalue weighted by atomic mass is 32.1. The Kier molecular flexibility index (Phi) is 6.81. The molecular formula is C18H29N3O3S. The highest BCUT2D eigenvalue weighted by Gasteiger charge is 2.23. The molecule has 3 rings (SSSR count). The van der Waals surface area contributed by atoms with Crippen molar-refractivity contribution in [2.75, 3.05) is 25.0 Å². The molecule has 1 aliphatic carbocycles. The Hall–Kier alpha value is -1.02. The molecule has 0 radical (unpaired) electrons. The number of nitrogens with one attached hydrogen (secondary N) is 1. The van der Waals surface area contributed by atoms with Crippen LogP contribution in [-0.4, -0.2) is 53.8 Å². The van der Waals surface area contributed by atoms with Crippen molar-refractivity contribution in [2.24, 2.45) is 0 Å². The molecule has 0 spiro atoms. The lowest BCUT2D eigenvalue weighted by atomic mass is 9.98. The molecule has 0 aromatic carbocycles. The van der Waals surface area contributed by atoms with Crippen molar-refractivity contribution in [1.82, 2.24) is 9.88 Å². The number of anilines is 1. The maximum absolute atomic E-state index is 12.0. The van der Waals surface area contributed by atoms with Crippen molar-refractivity contribution in [3.8, 4) is 0 Å². The van der Waals surface area contributed by atoms with Crippen LogP contribution in [0.5, 0.6) is 0 Å². The Bertz CT molecular complexity index is 550. The molecule has 0 bridgehead atoms. The van der Waals surface area contributed by atoms with Crippen LogP contribution in [0.4, 0.5) is 5.13 Å². The highest BCUT2D eigenvalue weighted by molar-refractivity contribution is 7.13. The molecule has 1 N–H and O–H groups in total. The number of thiazole rings is 1.